The van der Waals surface area contributed by atoms with Crippen molar-refractivity contribution in [2.24, 2.45) is 0 Å². The zero-order chi connectivity index (χ0) is 26.1. The molecule has 5 aromatic carbocycles. The van der Waals surface area contributed by atoms with Gasteiger partial charge in [-0.2, -0.15) is 0 Å². The summed E-state index contributed by atoms with van der Waals surface area (Å²) in [6, 6.07) is 53.4. The molecule has 0 bridgehead atoms. The predicted molar refractivity (Wildman–Crippen MR) is 168 cm³/mol. The lowest BCUT2D eigenvalue weighted by atomic mass is 9.93. The number of hydrogen-bond acceptors (Lipinski definition) is 1. The average Bonchev–Trinajstić information content (AvgIpc) is 3.87. The van der Waals surface area contributed by atoms with Gasteiger partial charge >= 0.3 is 0 Å². The highest BCUT2D eigenvalue weighted by Gasteiger charge is 2.47. The number of hydrogen-bond donors (Lipinski definition) is 0. The van der Waals surface area contributed by atoms with Gasteiger partial charge in [-0.3, -0.25) is 4.98 Å². The summed E-state index contributed by atoms with van der Waals surface area (Å²) in [4.78, 5) is 5.41. The van der Waals surface area contributed by atoms with Crippen molar-refractivity contribution in [1.29, 1.82) is 0 Å². The molecule has 1 nitrogen and oxygen atoms in total. The molecule has 1 heterocycles. The Morgan fingerprint density at radius 2 is 1.00 bits per heavy atom. The molecule has 0 radical (unpaired) electrons. The molecule has 0 spiro atoms. The maximum atomic E-state index is 5.41. The Balaban J connectivity index is 1.59. The average molecular weight is 521 g/mol. The molecule has 0 aliphatic heterocycles. The summed E-state index contributed by atoms with van der Waals surface area (Å²) in [7, 11) is -2.08. The first-order valence-corrected chi connectivity index (χ1v) is 15.8. The maximum Gasteiger partial charge on any atom is 0.116 e. The van der Waals surface area contributed by atoms with Crippen LogP contribution in [-0.2, 0) is 6.16 Å². The lowest BCUT2D eigenvalue weighted by Gasteiger charge is -2.30. The molecule has 0 unspecified atom stereocenters. The van der Waals surface area contributed by atoms with Crippen LogP contribution in [0.1, 0.15) is 30.0 Å². The van der Waals surface area contributed by atoms with E-state index >= 15 is 0 Å². The van der Waals surface area contributed by atoms with E-state index in [1.807, 2.05) is 0 Å². The number of fused-ring (bicyclic) bond motifs is 1. The van der Waals surface area contributed by atoms with Gasteiger partial charge in [-0.15, -0.1) is 0 Å². The lowest BCUT2D eigenvalue weighted by molar-refractivity contribution is 1.01. The Kier molecular flexibility index (Phi) is 6.31. The third kappa shape index (κ3) is 4.38. The Morgan fingerprint density at radius 3 is 1.51 bits per heavy atom. The van der Waals surface area contributed by atoms with Crippen LogP contribution < -0.4 is 15.9 Å². The number of benzene rings is 5. The predicted octanol–water partition coefficient (Wildman–Crippen LogP) is 8.27. The number of pyridine rings is 1. The third-order valence-electron chi connectivity index (χ3n) is 8.04. The fourth-order valence-corrected chi connectivity index (χ4v) is 10.3. The van der Waals surface area contributed by atoms with E-state index in [9.17, 15) is 0 Å². The van der Waals surface area contributed by atoms with Crippen LogP contribution in [0, 0.1) is 0 Å². The molecule has 1 fully saturated rings. The van der Waals surface area contributed by atoms with Gasteiger partial charge in [0.15, 0.2) is 0 Å². The molecule has 0 N–H and O–H groups in total. The summed E-state index contributed by atoms with van der Waals surface area (Å²) in [5.41, 5.74) is 6.47. The highest BCUT2D eigenvalue weighted by molar-refractivity contribution is 7.95. The minimum absolute atomic E-state index is 0.538. The van der Waals surface area contributed by atoms with Crippen molar-refractivity contribution in [1.82, 2.24) is 4.98 Å². The van der Waals surface area contributed by atoms with Crippen LogP contribution in [-0.4, -0.2) is 4.98 Å². The van der Waals surface area contributed by atoms with Crippen molar-refractivity contribution in [3.8, 4) is 11.1 Å². The van der Waals surface area contributed by atoms with E-state index in [0.717, 1.165) is 11.7 Å². The first-order valence-electron chi connectivity index (χ1n) is 13.9. The van der Waals surface area contributed by atoms with Crippen molar-refractivity contribution in [2.45, 2.75) is 24.9 Å². The fraction of sp³-hybridized carbons (Fsp3) is 0.108. The fourth-order valence-electron chi connectivity index (χ4n) is 6.07. The normalized spacial score (nSPS) is 13.4. The van der Waals surface area contributed by atoms with Gasteiger partial charge in [-0.1, -0.05) is 103 Å². The van der Waals surface area contributed by atoms with Crippen LogP contribution in [0.5, 0.6) is 0 Å². The van der Waals surface area contributed by atoms with Crippen molar-refractivity contribution in [3.05, 3.63) is 157 Å². The van der Waals surface area contributed by atoms with E-state index in [1.165, 1.54) is 56.5 Å². The zero-order valence-corrected chi connectivity index (χ0v) is 22.8. The van der Waals surface area contributed by atoms with E-state index in [1.54, 1.807) is 0 Å². The van der Waals surface area contributed by atoms with Gasteiger partial charge < -0.3 is 0 Å². The van der Waals surface area contributed by atoms with E-state index in [-0.39, 0.29) is 0 Å². The molecular formula is C37H31NP+. The van der Waals surface area contributed by atoms with Crippen molar-refractivity contribution < 1.29 is 0 Å². The molecule has 1 aromatic heterocycles. The second-order valence-corrected chi connectivity index (χ2v) is 14.0. The Morgan fingerprint density at radius 1 is 0.538 bits per heavy atom. The summed E-state index contributed by atoms with van der Waals surface area (Å²) in [5, 5.41) is 5.49. The molecule has 0 atom stereocenters. The molecule has 2 heteroatoms. The van der Waals surface area contributed by atoms with E-state index < -0.39 is 7.26 Å². The van der Waals surface area contributed by atoms with Gasteiger partial charge in [-0.25, -0.2) is 0 Å². The van der Waals surface area contributed by atoms with Gasteiger partial charge in [0.25, 0.3) is 0 Å². The molecule has 6 aromatic rings. The third-order valence-corrected chi connectivity index (χ3v) is 12.4. The smallest absolute Gasteiger partial charge is 0.116 e. The molecule has 1 saturated carbocycles. The molecule has 1 aliphatic carbocycles. The molecule has 0 saturated heterocycles. The van der Waals surface area contributed by atoms with Crippen LogP contribution in [0.4, 0.5) is 0 Å². The quantitative estimate of drug-likeness (QED) is 0.193. The largest absolute Gasteiger partial charge is 0.252 e. The Labute approximate surface area is 231 Å². The summed E-state index contributed by atoms with van der Waals surface area (Å²) < 4.78 is 0. The molecule has 39 heavy (non-hydrogen) atoms. The van der Waals surface area contributed by atoms with Gasteiger partial charge in [0, 0.05) is 16.9 Å². The SMILES string of the molecule is c1ccc(-c2c(C[P+](c3ccccc3)(c3ccccc3)c3ccccc3)c(C3CC3)nc3ccccc23)cc1. The molecular weight excluding hydrogens is 489 g/mol. The number of aromatic nitrogens is 1. The summed E-state index contributed by atoms with van der Waals surface area (Å²) >= 11 is 0. The van der Waals surface area contributed by atoms with Crippen LogP contribution in [0.3, 0.4) is 0 Å². The Bertz CT molecular complexity index is 1610. The summed E-state index contributed by atoms with van der Waals surface area (Å²) in [5.74, 6) is 0.538. The van der Waals surface area contributed by atoms with E-state index in [2.05, 4.69) is 146 Å². The standard InChI is InChI=1S/C37H31NP/c1-5-15-28(16-6-1)36-33-23-13-14-24-35(33)38-37(29-25-26-29)34(36)27-39(30-17-7-2-8-18-30,31-19-9-3-10-20-31)32-21-11-4-12-22-32/h1-24,29H,25-27H2/q+1. The molecule has 188 valence electrons. The van der Waals surface area contributed by atoms with Crippen LogP contribution in [0.15, 0.2) is 146 Å². The number of nitrogens with zero attached hydrogens (tertiary/aromatic N) is 1. The van der Waals surface area contributed by atoms with Crippen molar-refractivity contribution in [2.75, 3.05) is 0 Å². The van der Waals surface area contributed by atoms with Gasteiger partial charge in [0.1, 0.15) is 29.3 Å². The molecule has 7 rings (SSSR count). The lowest BCUT2D eigenvalue weighted by Crippen LogP contribution is -2.33. The van der Waals surface area contributed by atoms with Crippen molar-refractivity contribution in [3.63, 3.8) is 0 Å². The summed E-state index contributed by atoms with van der Waals surface area (Å²) in [6.07, 6.45) is 3.39. The van der Waals surface area contributed by atoms with Gasteiger partial charge in [0.2, 0.25) is 0 Å². The first-order chi connectivity index (χ1) is 19.3. The minimum Gasteiger partial charge on any atom is -0.252 e. The molecule has 0 amide bonds. The number of rotatable bonds is 7. The first kappa shape index (κ1) is 24.0. The highest BCUT2D eigenvalue weighted by atomic mass is 31.2. The highest BCUT2D eigenvalue weighted by Crippen LogP contribution is 2.60. The summed E-state index contributed by atoms with van der Waals surface area (Å²) in [6.45, 7) is 0. The van der Waals surface area contributed by atoms with Crippen LogP contribution >= 0.6 is 7.26 Å². The maximum absolute atomic E-state index is 5.41. The zero-order valence-electron chi connectivity index (χ0n) is 21.9. The topological polar surface area (TPSA) is 12.9 Å². The minimum atomic E-state index is -2.08. The van der Waals surface area contributed by atoms with Crippen LogP contribution in [0.25, 0.3) is 22.0 Å². The second-order valence-electron chi connectivity index (χ2n) is 10.5. The number of para-hydroxylation sites is 1. The van der Waals surface area contributed by atoms with Gasteiger partial charge in [0.05, 0.1) is 11.2 Å². The monoisotopic (exact) mass is 520 g/mol. The van der Waals surface area contributed by atoms with E-state index in [4.69, 9.17) is 4.98 Å². The van der Waals surface area contributed by atoms with Crippen LogP contribution in [0.2, 0.25) is 0 Å². The van der Waals surface area contributed by atoms with E-state index in [0.29, 0.717) is 5.92 Å². The Hall–Kier alpha value is -4.06. The second kappa shape index (κ2) is 10.3. The molecule has 1 aliphatic rings. The van der Waals surface area contributed by atoms with Gasteiger partial charge in [-0.05, 0) is 66.4 Å². The van der Waals surface area contributed by atoms with Crippen molar-refractivity contribution >= 4 is 34.1 Å².